The molecule has 0 unspecified atom stereocenters. The molecule has 5 heteroatoms. The number of methoxy groups -OCH3 is 2. The standard InChI is InChI=1S/C13H17N3O2/c1-17-12-4-3-10(7-13(12)18-2)11-8-15-9-16(11)6-5-14/h3-4,7-9H,5-6,14H2,1-2H3. The minimum atomic E-state index is 0.580. The molecular formula is C13H17N3O2. The summed E-state index contributed by atoms with van der Waals surface area (Å²) in [6.45, 7) is 1.32. The Hall–Kier alpha value is -2.01. The van der Waals surface area contributed by atoms with Gasteiger partial charge in [-0.2, -0.15) is 0 Å². The molecule has 96 valence electrons. The second kappa shape index (κ2) is 5.55. The highest BCUT2D eigenvalue weighted by atomic mass is 16.5. The molecule has 2 aromatic rings. The zero-order valence-corrected chi connectivity index (χ0v) is 10.6. The largest absolute Gasteiger partial charge is 0.493 e. The van der Waals surface area contributed by atoms with Gasteiger partial charge in [0.2, 0.25) is 0 Å². The summed E-state index contributed by atoms with van der Waals surface area (Å²) in [5.74, 6) is 1.42. The number of hydrogen-bond donors (Lipinski definition) is 1. The van der Waals surface area contributed by atoms with E-state index < -0.39 is 0 Å². The molecule has 0 saturated heterocycles. The van der Waals surface area contributed by atoms with Crippen LogP contribution in [0.15, 0.2) is 30.7 Å². The number of rotatable bonds is 5. The number of ether oxygens (including phenoxy) is 2. The van der Waals surface area contributed by atoms with Gasteiger partial charge in [-0.3, -0.25) is 0 Å². The van der Waals surface area contributed by atoms with Gasteiger partial charge in [0.25, 0.3) is 0 Å². The van der Waals surface area contributed by atoms with Crippen LogP contribution in [0.3, 0.4) is 0 Å². The highest BCUT2D eigenvalue weighted by molar-refractivity contribution is 5.63. The third kappa shape index (κ3) is 2.31. The molecule has 5 nitrogen and oxygen atoms in total. The second-order valence-corrected chi connectivity index (χ2v) is 3.83. The van der Waals surface area contributed by atoms with E-state index in [0.717, 1.165) is 17.8 Å². The average Bonchev–Trinajstić information content (AvgIpc) is 2.86. The van der Waals surface area contributed by atoms with Crippen LogP contribution in [0.5, 0.6) is 11.5 Å². The van der Waals surface area contributed by atoms with Crippen molar-refractivity contribution in [2.24, 2.45) is 5.73 Å². The molecule has 0 aliphatic rings. The molecule has 1 aromatic carbocycles. The maximum atomic E-state index is 5.58. The van der Waals surface area contributed by atoms with E-state index in [1.54, 1.807) is 20.5 Å². The second-order valence-electron chi connectivity index (χ2n) is 3.83. The third-order valence-corrected chi connectivity index (χ3v) is 2.76. The summed E-state index contributed by atoms with van der Waals surface area (Å²) in [6, 6.07) is 5.79. The molecular weight excluding hydrogens is 230 g/mol. The van der Waals surface area contributed by atoms with E-state index in [0.29, 0.717) is 18.0 Å². The number of nitrogens with two attached hydrogens (primary N) is 1. The van der Waals surface area contributed by atoms with E-state index in [1.165, 1.54) is 0 Å². The van der Waals surface area contributed by atoms with Crippen LogP contribution in [-0.4, -0.2) is 30.3 Å². The van der Waals surface area contributed by atoms with Gasteiger partial charge < -0.3 is 19.8 Å². The molecule has 0 aliphatic heterocycles. The van der Waals surface area contributed by atoms with Gasteiger partial charge in [-0.1, -0.05) is 0 Å². The lowest BCUT2D eigenvalue weighted by Gasteiger charge is -2.11. The maximum absolute atomic E-state index is 5.58. The molecule has 0 bridgehead atoms. The predicted molar refractivity (Wildman–Crippen MR) is 69.8 cm³/mol. The van der Waals surface area contributed by atoms with E-state index in [-0.39, 0.29) is 0 Å². The number of benzene rings is 1. The Labute approximate surface area is 106 Å². The normalized spacial score (nSPS) is 10.4. The molecule has 0 fully saturated rings. The summed E-state index contributed by atoms with van der Waals surface area (Å²) < 4.78 is 12.5. The van der Waals surface area contributed by atoms with Gasteiger partial charge in [-0.15, -0.1) is 0 Å². The fraction of sp³-hybridized carbons (Fsp3) is 0.308. The van der Waals surface area contributed by atoms with Gasteiger partial charge in [0.1, 0.15) is 0 Å². The molecule has 2 N–H and O–H groups in total. The summed E-state index contributed by atoms with van der Waals surface area (Å²) in [5, 5.41) is 0. The number of nitrogens with zero attached hydrogens (tertiary/aromatic N) is 2. The first-order chi connectivity index (χ1) is 8.80. The zero-order valence-electron chi connectivity index (χ0n) is 10.6. The van der Waals surface area contributed by atoms with E-state index in [9.17, 15) is 0 Å². The average molecular weight is 247 g/mol. The summed E-state index contributed by atoms with van der Waals surface area (Å²) in [6.07, 6.45) is 3.59. The molecule has 1 heterocycles. The van der Waals surface area contributed by atoms with Gasteiger partial charge in [0.05, 0.1) is 32.4 Å². The molecule has 1 aromatic heterocycles. The van der Waals surface area contributed by atoms with Crippen LogP contribution in [-0.2, 0) is 6.54 Å². The van der Waals surface area contributed by atoms with E-state index >= 15 is 0 Å². The summed E-state index contributed by atoms with van der Waals surface area (Å²) >= 11 is 0. The fourth-order valence-corrected chi connectivity index (χ4v) is 1.87. The molecule has 0 spiro atoms. The van der Waals surface area contributed by atoms with Crippen molar-refractivity contribution in [1.29, 1.82) is 0 Å². The SMILES string of the molecule is COc1ccc(-c2cncn2CCN)cc1OC. The van der Waals surface area contributed by atoms with E-state index in [4.69, 9.17) is 15.2 Å². The summed E-state index contributed by atoms with van der Waals surface area (Å²) in [5.41, 5.74) is 7.62. The van der Waals surface area contributed by atoms with Crippen LogP contribution < -0.4 is 15.2 Å². The van der Waals surface area contributed by atoms with Crippen LogP contribution in [0, 0.1) is 0 Å². The van der Waals surface area contributed by atoms with Crippen LogP contribution in [0.4, 0.5) is 0 Å². The van der Waals surface area contributed by atoms with Gasteiger partial charge in [0, 0.05) is 18.7 Å². The first-order valence-electron chi connectivity index (χ1n) is 5.72. The number of aromatic nitrogens is 2. The predicted octanol–water partition coefficient (Wildman–Crippen LogP) is 1.53. The van der Waals surface area contributed by atoms with Crippen molar-refractivity contribution < 1.29 is 9.47 Å². The molecule has 0 radical (unpaired) electrons. The highest BCUT2D eigenvalue weighted by Gasteiger charge is 2.09. The van der Waals surface area contributed by atoms with Gasteiger partial charge in [-0.05, 0) is 18.2 Å². The number of hydrogen-bond acceptors (Lipinski definition) is 4. The van der Waals surface area contributed by atoms with Crippen molar-refractivity contribution in [3.05, 3.63) is 30.7 Å². The van der Waals surface area contributed by atoms with E-state index in [2.05, 4.69) is 4.98 Å². The first-order valence-corrected chi connectivity index (χ1v) is 5.72. The van der Waals surface area contributed by atoms with Crippen molar-refractivity contribution in [3.8, 4) is 22.8 Å². The molecule has 0 atom stereocenters. The maximum Gasteiger partial charge on any atom is 0.161 e. The van der Waals surface area contributed by atoms with Crippen molar-refractivity contribution in [3.63, 3.8) is 0 Å². The lowest BCUT2D eigenvalue weighted by atomic mass is 10.1. The van der Waals surface area contributed by atoms with Crippen molar-refractivity contribution in [2.75, 3.05) is 20.8 Å². The topological polar surface area (TPSA) is 62.3 Å². The Morgan fingerprint density at radius 3 is 2.67 bits per heavy atom. The smallest absolute Gasteiger partial charge is 0.161 e. The van der Waals surface area contributed by atoms with Crippen LogP contribution in [0.25, 0.3) is 11.3 Å². The monoisotopic (exact) mass is 247 g/mol. The Kier molecular flexibility index (Phi) is 3.84. The minimum Gasteiger partial charge on any atom is -0.493 e. The highest BCUT2D eigenvalue weighted by Crippen LogP contribution is 2.32. The Balaban J connectivity index is 2.41. The molecule has 18 heavy (non-hydrogen) atoms. The molecule has 2 rings (SSSR count). The fourth-order valence-electron chi connectivity index (χ4n) is 1.87. The zero-order chi connectivity index (χ0) is 13.0. The quantitative estimate of drug-likeness (QED) is 0.870. The molecule has 0 amide bonds. The Morgan fingerprint density at radius 1 is 1.22 bits per heavy atom. The third-order valence-electron chi connectivity index (χ3n) is 2.76. The summed E-state index contributed by atoms with van der Waals surface area (Å²) in [4.78, 5) is 4.15. The van der Waals surface area contributed by atoms with Crippen molar-refractivity contribution in [2.45, 2.75) is 6.54 Å². The summed E-state index contributed by atoms with van der Waals surface area (Å²) in [7, 11) is 3.25. The first kappa shape index (κ1) is 12.4. The lowest BCUT2D eigenvalue weighted by molar-refractivity contribution is 0.355. The van der Waals surface area contributed by atoms with Crippen LogP contribution in [0.1, 0.15) is 0 Å². The Bertz CT molecular complexity index is 523. The van der Waals surface area contributed by atoms with Gasteiger partial charge in [-0.25, -0.2) is 4.98 Å². The van der Waals surface area contributed by atoms with Gasteiger partial charge in [0.15, 0.2) is 11.5 Å². The molecule has 0 saturated carbocycles. The van der Waals surface area contributed by atoms with Gasteiger partial charge >= 0.3 is 0 Å². The molecule has 0 aliphatic carbocycles. The minimum absolute atomic E-state index is 0.580. The van der Waals surface area contributed by atoms with E-state index in [1.807, 2.05) is 29.0 Å². The van der Waals surface area contributed by atoms with Crippen LogP contribution in [0.2, 0.25) is 0 Å². The lowest BCUT2D eigenvalue weighted by Crippen LogP contribution is -2.09. The van der Waals surface area contributed by atoms with Crippen LogP contribution >= 0.6 is 0 Å². The number of imidazole rings is 1. The van der Waals surface area contributed by atoms with Crippen molar-refractivity contribution >= 4 is 0 Å². The Morgan fingerprint density at radius 2 is 2.00 bits per heavy atom. The van der Waals surface area contributed by atoms with Crippen molar-refractivity contribution in [1.82, 2.24) is 9.55 Å².